The summed E-state index contributed by atoms with van der Waals surface area (Å²) in [5, 5.41) is 14.7. The first kappa shape index (κ1) is 22.6. The maximum atomic E-state index is 13.7. The van der Waals surface area contributed by atoms with Gasteiger partial charge >= 0.3 is 5.97 Å². The van der Waals surface area contributed by atoms with Gasteiger partial charge in [0, 0.05) is 36.1 Å². The Kier molecular flexibility index (Phi) is 5.46. The molecule has 1 atom stereocenters. The van der Waals surface area contributed by atoms with Crippen molar-refractivity contribution in [3.8, 4) is 11.5 Å². The third-order valence-electron chi connectivity index (χ3n) is 7.70. The predicted molar refractivity (Wildman–Crippen MR) is 129 cm³/mol. The molecule has 3 fully saturated rings. The average molecular weight is 488 g/mol. The number of ether oxygens (including phenoxy) is 2. The minimum atomic E-state index is -1.98. The molecule has 9 heteroatoms. The smallest absolute Gasteiger partial charge is 0.348 e. The fraction of sp³-hybridized carbons (Fsp3) is 0.333. The highest BCUT2D eigenvalue weighted by molar-refractivity contribution is 5.90. The molecule has 0 unspecified atom stereocenters. The van der Waals surface area contributed by atoms with Gasteiger partial charge in [-0.2, -0.15) is 0 Å². The molecule has 1 aromatic heterocycles. The van der Waals surface area contributed by atoms with E-state index in [-0.39, 0.29) is 18.4 Å². The largest absolute Gasteiger partial charge is 0.457 e. The fourth-order valence-electron chi connectivity index (χ4n) is 5.84. The van der Waals surface area contributed by atoms with Gasteiger partial charge in [-0.1, -0.05) is 36.4 Å². The van der Waals surface area contributed by atoms with Crippen molar-refractivity contribution in [2.45, 2.75) is 24.5 Å². The number of fused-ring (bicyclic) bond motifs is 5. The van der Waals surface area contributed by atoms with E-state index >= 15 is 0 Å². The van der Waals surface area contributed by atoms with E-state index in [1.807, 2.05) is 0 Å². The molecule has 9 nitrogen and oxygen atoms in total. The first-order valence-corrected chi connectivity index (χ1v) is 12.2. The summed E-state index contributed by atoms with van der Waals surface area (Å²) < 4.78 is 12.6. The molecule has 3 aromatic rings. The predicted octanol–water partition coefficient (Wildman–Crippen LogP) is 2.61. The maximum Gasteiger partial charge on any atom is 0.348 e. The van der Waals surface area contributed by atoms with Crippen LogP contribution in [0.4, 0.5) is 5.82 Å². The van der Waals surface area contributed by atoms with Crippen LogP contribution < -0.4 is 10.1 Å². The van der Waals surface area contributed by atoms with Crippen LogP contribution in [-0.2, 0) is 19.9 Å². The van der Waals surface area contributed by atoms with Gasteiger partial charge in [-0.05, 0) is 18.2 Å². The van der Waals surface area contributed by atoms with E-state index in [0.29, 0.717) is 39.5 Å². The average Bonchev–Trinajstić information content (AvgIpc) is 2.90. The van der Waals surface area contributed by atoms with Crippen LogP contribution in [0.25, 0.3) is 0 Å². The molecule has 0 spiro atoms. The molecule has 1 amide bonds. The molecule has 3 saturated heterocycles. The van der Waals surface area contributed by atoms with E-state index in [1.54, 1.807) is 60.8 Å². The van der Waals surface area contributed by atoms with Crippen LogP contribution in [0.2, 0.25) is 0 Å². The van der Waals surface area contributed by atoms with Crippen molar-refractivity contribution in [1.82, 2.24) is 9.97 Å². The van der Waals surface area contributed by atoms with Gasteiger partial charge < -0.3 is 24.4 Å². The second kappa shape index (κ2) is 8.69. The highest BCUT2D eigenvalue weighted by Gasteiger charge is 2.53. The molecule has 2 bridgehead atoms. The summed E-state index contributed by atoms with van der Waals surface area (Å²) in [5.74, 6) is 0.664. The zero-order valence-corrected chi connectivity index (χ0v) is 19.7. The van der Waals surface area contributed by atoms with Crippen LogP contribution in [0.5, 0.6) is 11.5 Å². The number of carbonyl (C=O) groups excluding carboxylic acids is 2. The Morgan fingerprint density at radius 3 is 2.36 bits per heavy atom. The third kappa shape index (κ3) is 3.81. The highest BCUT2D eigenvalue weighted by atomic mass is 16.6. The number of piperidine rings is 3. The number of rotatable bonds is 5. The molecule has 0 radical (unpaired) electrons. The van der Waals surface area contributed by atoms with Gasteiger partial charge in [-0.15, -0.1) is 0 Å². The molecule has 7 rings (SSSR count). The Hall–Kier alpha value is -3.82. The van der Waals surface area contributed by atoms with Crippen LogP contribution in [-0.4, -0.2) is 63.7 Å². The van der Waals surface area contributed by atoms with Crippen molar-refractivity contribution in [3.63, 3.8) is 0 Å². The number of amides is 1. The van der Waals surface area contributed by atoms with Crippen LogP contribution in [0.3, 0.4) is 0 Å². The topological polar surface area (TPSA) is 111 Å². The van der Waals surface area contributed by atoms with Crippen LogP contribution >= 0.6 is 0 Å². The standard InChI is InChI=1S/C27H26N4O5/c32-25(30-24-9-12-28-17-29-24)16-31-13-10-18(11-14-31)23(15-31)36-26(33)27(34)19-5-1-3-7-21(19)35-22-8-4-2-6-20(22)27/h1-9,12,17-18,23,34H,10-11,13-16H2/p+1/t18?,23-,31?/m0/s1. The minimum absolute atomic E-state index is 0.134. The van der Waals surface area contributed by atoms with Crippen molar-refractivity contribution in [2.75, 3.05) is 31.5 Å². The summed E-state index contributed by atoms with van der Waals surface area (Å²) in [7, 11) is 0. The Morgan fingerprint density at radius 2 is 1.72 bits per heavy atom. The number of hydrogen-bond acceptors (Lipinski definition) is 7. The summed E-state index contributed by atoms with van der Waals surface area (Å²) in [6, 6.07) is 15.6. The molecule has 0 saturated carbocycles. The van der Waals surface area contributed by atoms with Crippen molar-refractivity contribution < 1.29 is 28.7 Å². The minimum Gasteiger partial charge on any atom is -0.457 e. The first-order chi connectivity index (χ1) is 17.5. The van der Waals surface area contributed by atoms with E-state index in [2.05, 4.69) is 15.3 Å². The monoisotopic (exact) mass is 487 g/mol. The lowest BCUT2D eigenvalue weighted by Crippen LogP contribution is -2.66. The maximum absolute atomic E-state index is 13.7. The molecule has 0 aliphatic carbocycles. The van der Waals surface area contributed by atoms with Gasteiger partial charge in [0.05, 0.1) is 13.1 Å². The summed E-state index contributed by atoms with van der Waals surface area (Å²) in [5.41, 5.74) is -1.25. The summed E-state index contributed by atoms with van der Waals surface area (Å²) in [6.45, 7) is 2.50. The molecule has 36 heavy (non-hydrogen) atoms. The number of aliphatic hydroxyl groups is 1. The SMILES string of the molecule is O=C(C[N+]12CCC(CC1)[C@@H](OC(=O)C1(O)c3ccccc3Oc3ccccc31)C2)Nc1ccncn1. The number of nitrogens with zero attached hydrogens (tertiary/aromatic N) is 3. The van der Waals surface area contributed by atoms with Crippen molar-refractivity contribution >= 4 is 17.7 Å². The van der Waals surface area contributed by atoms with Crippen molar-refractivity contribution in [2.24, 2.45) is 5.92 Å². The first-order valence-electron chi connectivity index (χ1n) is 12.2. The van der Waals surface area contributed by atoms with E-state index in [4.69, 9.17) is 9.47 Å². The van der Waals surface area contributed by atoms with Crippen LogP contribution in [0.15, 0.2) is 67.1 Å². The molecular formula is C27H27N4O5+. The molecule has 5 heterocycles. The second-order valence-corrected chi connectivity index (χ2v) is 9.86. The van der Waals surface area contributed by atoms with E-state index < -0.39 is 17.7 Å². The number of quaternary nitrogens is 1. The van der Waals surface area contributed by atoms with Gasteiger partial charge in [0.1, 0.15) is 30.2 Å². The Morgan fingerprint density at radius 1 is 1.06 bits per heavy atom. The van der Waals surface area contributed by atoms with Crippen molar-refractivity contribution in [1.29, 1.82) is 0 Å². The summed E-state index contributed by atoms with van der Waals surface area (Å²) >= 11 is 0. The molecule has 184 valence electrons. The summed E-state index contributed by atoms with van der Waals surface area (Å²) in [6.07, 6.45) is 4.29. The second-order valence-electron chi connectivity index (χ2n) is 9.86. The number of benzene rings is 2. The van der Waals surface area contributed by atoms with Crippen LogP contribution in [0.1, 0.15) is 24.0 Å². The van der Waals surface area contributed by atoms with Gasteiger partial charge in [0.15, 0.2) is 12.6 Å². The molecular weight excluding hydrogens is 460 g/mol. The van der Waals surface area contributed by atoms with Crippen molar-refractivity contribution in [3.05, 3.63) is 78.2 Å². The van der Waals surface area contributed by atoms with Gasteiger partial charge in [0.25, 0.3) is 5.91 Å². The number of aromatic nitrogens is 2. The molecule has 2 N–H and O–H groups in total. The lowest BCUT2D eigenvalue weighted by molar-refractivity contribution is -0.939. The lowest BCUT2D eigenvalue weighted by atomic mass is 9.81. The number of anilines is 1. The number of esters is 1. The Bertz CT molecular complexity index is 1260. The van der Waals surface area contributed by atoms with E-state index in [0.717, 1.165) is 25.9 Å². The normalized spacial score (nSPS) is 25.1. The number of nitrogens with one attached hydrogen (secondary N) is 1. The number of para-hydroxylation sites is 2. The quantitative estimate of drug-likeness (QED) is 0.420. The lowest BCUT2D eigenvalue weighted by Gasteiger charge is -2.51. The van der Waals surface area contributed by atoms with Crippen LogP contribution in [0, 0.1) is 5.92 Å². The van der Waals surface area contributed by atoms with E-state index in [1.165, 1.54) is 6.33 Å². The van der Waals surface area contributed by atoms with Gasteiger partial charge in [-0.25, -0.2) is 14.8 Å². The fourth-order valence-corrected chi connectivity index (χ4v) is 5.84. The Balaban J connectivity index is 1.23. The molecule has 2 aromatic carbocycles. The van der Waals surface area contributed by atoms with Gasteiger partial charge in [-0.3, -0.25) is 4.79 Å². The number of carbonyl (C=O) groups is 2. The Labute approximate surface area is 208 Å². The molecule has 4 aliphatic heterocycles. The zero-order valence-electron chi connectivity index (χ0n) is 19.7. The van der Waals surface area contributed by atoms with E-state index in [9.17, 15) is 14.7 Å². The number of hydrogen-bond donors (Lipinski definition) is 2. The third-order valence-corrected chi connectivity index (χ3v) is 7.70. The highest BCUT2D eigenvalue weighted by Crippen LogP contribution is 2.48. The molecule has 4 aliphatic rings. The summed E-state index contributed by atoms with van der Waals surface area (Å²) in [4.78, 5) is 34.5. The zero-order chi connectivity index (χ0) is 24.8. The van der Waals surface area contributed by atoms with Gasteiger partial charge in [0.2, 0.25) is 5.60 Å².